The van der Waals surface area contributed by atoms with Gasteiger partial charge < -0.3 is 14.8 Å². The third-order valence-electron chi connectivity index (χ3n) is 2.64. The number of benzene rings is 1. The standard InChI is InChI=1S/C11H11F2NO2.ClH/c12-11(13)15-9-4-1-7(5-10(9)16-11)6-14-8-2-3-8;/h1,4-5,8,14H,2-3,6H2;1H. The lowest BCUT2D eigenvalue weighted by Crippen LogP contribution is -2.25. The molecule has 3 nitrogen and oxygen atoms in total. The Balaban J connectivity index is 0.00000108. The molecule has 0 aromatic heterocycles. The highest BCUT2D eigenvalue weighted by Gasteiger charge is 2.43. The first kappa shape index (κ1) is 12.4. The third-order valence-corrected chi connectivity index (χ3v) is 2.64. The van der Waals surface area contributed by atoms with E-state index >= 15 is 0 Å². The van der Waals surface area contributed by atoms with Gasteiger partial charge in [0, 0.05) is 12.6 Å². The van der Waals surface area contributed by atoms with E-state index in [0.29, 0.717) is 12.6 Å². The highest BCUT2D eigenvalue weighted by molar-refractivity contribution is 5.85. The van der Waals surface area contributed by atoms with Crippen LogP contribution in [-0.4, -0.2) is 12.3 Å². The van der Waals surface area contributed by atoms with E-state index in [4.69, 9.17) is 0 Å². The smallest absolute Gasteiger partial charge is 0.395 e. The zero-order valence-corrected chi connectivity index (χ0v) is 9.73. The van der Waals surface area contributed by atoms with Crippen LogP contribution in [0.25, 0.3) is 0 Å². The lowest BCUT2D eigenvalue weighted by Gasteiger charge is -2.04. The lowest BCUT2D eigenvalue weighted by molar-refractivity contribution is -0.286. The van der Waals surface area contributed by atoms with Gasteiger partial charge in [-0.1, -0.05) is 6.07 Å². The lowest BCUT2D eigenvalue weighted by atomic mass is 10.2. The molecule has 0 spiro atoms. The van der Waals surface area contributed by atoms with Crippen molar-refractivity contribution >= 4 is 12.4 Å². The molecule has 1 aromatic carbocycles. The van der Waals surface area contributed by atoms with E-state index < -0.39 is 6.29 Å². The van der Waals surface area contributed by atoms with Crippen molar-refractivity contribution in [1.82, 2.24) is 5.32 Å². The number of halogens is 3. The quantitative estimate of drug-likeness (QED) is 0.910. The largest absolute Gasteiger partial charge is 0.586 e. The Morgan fingerprint density at radius 3 is 2.65 bits per heavy atom. The molecule has 0 bridgehead atoms. The number of hydrogen-bond donors (Lipinski definition) is 1. The van der Waals surface area contributed by atoms with Crippen LogP contribution >= 0.6 is 12.4 Å². The van der Waals surface area contributed by atoms with Crippen LogP contribution in [0, 0.1) is 0 Å². The van der Waals surface area contributed by atoms with E-state index in [-0.39, 0.29) is 23.9 Å². The van der Waals surface area contributed by atoms with Crippen LogP contribution in [0.15, 0.2) is 18.2 Å². The van der Waals surface area contributed by atoms with Crippen LogP contribution in [0.3, 0.4) is 0 Å². The van der Waals surface area contributed by atoms with Crippen molar-refractivity contribution in [2.45, 2.75) is 31.7 Å². The van der Waals surface area contributed by atoms with Gasteiger partial charge in [-0.05, 0) is 30.5 Å². The van der Waals surface area contributed by atoms with Crippen LogP contribution in [0.5, 0.6) is 11.5 Å². The van der Waals surface area contributed by atoms with E-state index in [2.05, 4.69) is 14.8 Å². The minimum Gasteiger partial charge on any atom is -0.395 e. The number of fused-ring (bicyclic) bond motifs is 1. The zero-order valence-electron chi connectivity index (χ0n) is 8.91. The molecule has 94 valence electrons. The van der Waals surface area contributed by atoms with E-state index in [9.17, 15) is 8.78 Å². The molecule has 1 N–H and O–H groups in total. The van der Waals surface area contributed by atoms with Gasteiger partial charge in [0.25, 0.3) is 0 Å². The average Bonchev–Trinajstić information content (AvgIpc) is 2.96. The predicted molar refractivity (Wildman–Crippen MR) is 59.8 cm³/mol. The highest BCUT2D eigenvalue weighted by atomic mass is 35.5. The van der Waals surface area contributed by atoms with Gasteiger partial charge in [0.2, 0.25) is 0 Å². The van der Waals surface area contributed by atoms with Crippen LogP contribution in [-0.2, 0) is 6.54 Å². The predicted octanol–water partition coefficient (Wildman–Crippen LogP) is 2.68. The fraction of sp³-hybridized carbons (Fsp3) is 0.455. The first-order chi connectivity index (χ1) is 7.62. The maximum Gasteiger partial charge on any atom is 0.586 e. The molecule has 1 fully saturated rings. The summed E-state index contributed by atoms with van der Waals surface area (Å²) in [6.07, 6.45) is -1.13. The Hall–Kier alpha value is -1.07. The Morgan fingerprint density at radius 2 is 1.94 bits per heavy atom. The number of hydrogen-bond acceptors (Lipinski definition) is 3. The summed E-state index contributed by atoms with van der Waals surface area (Å²) >= 11 is 0. The van der Waals surface area contributed by atoms with Crippen LogP contribution in [0.1, 0.15) is 18.4 Å². The number of alkyl halides is 2. The zero-order chi connectivity index (χ0) is 11.2. The van der Waals surface area contributed by atoms with Crippen molar-refractivity contribution in [1.29, 1.82) is 0 Å². The van der Waals surface area contributed by atoms with Gasteiger partial charge in [-0.2, -0.15) is 0 Å². The summed E-state index contributed by atoms with van der Waals surface area (Å²) in [6, 6.07) is 5.46. The molecule has 0 unspecified atom stereocenters. The second-order valence-electron chi connectivity index (χ2n) is 4.10. The van der Waals surface area contributed by atoms with Gasteiger partial charge in [0.15, 0.2) is 11.5 Å². The number of ether oxygens (including phenoxy) is 2. The van der Waals surface area contributed by atoms with Gasteiger partial charge in [0.1, 0.15) is 0 Å². The van der Waals surface area contributed by atoms with E-state index in [0.717, 1.165) is 5.56 Å². The van der Waals surface area contributed by atoms with Gasteiger partial charge in [-0.15, -0.1) is 21.2 Å². The van der Waals surface area contributed by atoms with Gasteiger partial charge >= 0.3 is 6.29 Å². The van der Waals surface area contributed by atoms with Crippen LogP contribution in [0.4, 0.5) is 8.78 Å². The summed E-state index contributed by atoms with van der Waals surface area (Å²) in [6.45, 7) is 0.673. The molecular weight excluding hydrogens is 252 g/mol. The van der Waals surface area contributed by atoms with Crippen molar-refractivity contribution < 1.29 is 18.3 Å². The molecule has 6 heteroatoms. The molecule has 2 aliphatic rings. The maximum atomic E-state index is 12.7. The Kier molecular flexibility index (Phi) is 3.14. The summed E-state index contributed by atoms with van der Waals surface area (Å²) in [4.78, 5) is 0. The summed E-state index contributed by atoms with van der Waals surface area (Å²) in [5.41, 5.74) is 0.923. The van der Waals surface area contributed by atoms with Crippen molar-refractivity contribution in [2.24, 2.45) is 0 Å². The number of nitrogens with one attached hydrogen (secondary N) is 1. The van der Waals surface area contributed by atoms with Gasteiger partial charge in [-0.25, -0.2) is 0 Å². The van der Waals surface area contributed by atoms with Crippen molar-refractivity contribution in [3.63, 3.8) is 0 Å². The van der Waals surface area contributed by atoms with Crippen molar-refractivity contribution in [2.75, 3.05) is 0 Å². The first-order valence-corrected chi connectivity index (χ1v) is 5.24. The van der Waals surface area contributed by atoms with E-state index in [1.165, 1.54) is 18.9 Å². The molecule has 0 atom stereocenters. The molecular formula is C11H12ClF2NO2. The van der Waals surface area contributed by atoms with Gasteiger partial charge in [-0.3, -0.25) is 0 Å². The van der Waals surface area contributed by atoms with E-state index in [1.54, 1.807) is 12.1 Å². The third kappa shape index (κ3) is 2.79. The second-order valence-corrected chi connectivity index (χ2v) is 4.10. The summed E-state index contributed by atoms with van der Waals surface area (Å²) in [5.74, 6) is 0.209. The fourth-order valence-electron chi connectivity index (χ4n) is 1.65. The molecule has 0 saturated heterocycles. The number of rotatable bonds is 3. The average molecular weight is 264 g/mol. The molecule has 17 heavy (non-hydrogen) atoms. The molecule has 0 radical (unpaired) electrons. The topological polar surface area (TPSA) is 30.5 Å². The maximum absolute atomic E-state index is 12.7. The fourth-order valence-corrected chi connectivity index (χ4v) is 1.65. The van der Waals surface area contributed by atoms with E-state index in [1.807, 2.05) is 0 Å². The SMILES string of the molecule is Cl.FC1(F)Oc2ccc(CNC3CC3)cc2O1. The minimum atomic E-state index is -3.52. The molecule has 1 saturated carbocycles. The summed E-state index contributed by atoms with van der Waals surface area (Å²) < 4.78 is 34.2. The summed E-state index contributed by atoms with van der Waals surface area (Å²) in [7, 11) is 0. The Labute approximate surface area is 104 Å². The molecule has 1 heterocycles. The minimum absolute atomic E-state index is 0. The Bertz CT molecular complexity index is 424. The monoisotopic (exact) mass is 263 g/mol. The van der Waals surface area contributed by atoms with Gasteiger partial charge in [0.05, 0.1) is 0 Å². The first-order valence-electron chi connectivity index (χ1n) is 5.24. The Morgan fingerprint density at radius 1 is 1.24 bits per heavy atom. The summed E-state index contributed by atoms with van der Waals surface area (Å²) in [5, 5.41) is 3.30. The van der Waals surface area contributed by atoms with Crippen LogP contribution in [0.2, 0.25) is 0 Å². The molecule has 0 amide bonds. The molecule has 1 aliphatic heterocycles. The van der Waals surface area contributed by atoms with Crippen molar-refractivity contribution in [3.05, 3.63) is 23.8 Å². The highest BCUT2D eigenvalue weighted by Crippen LogP contribution is 2.41. The van der Waals surface area contributed by atoms with Crippen LogP contribution < -0.4 is 14.8 Å². The van der Waals surface area contributed by atoms with Crippen molar-refractivity contribution in [3.8, 4) is 11.5 Å². The molecule has 1 aromatic rings. The molecule has 1 aliphatic carbocycles. The normalized spacial score (nSPS) is 19.9. The second kappa shape index (κ2) is 4.31. The molecule has 3 rings (SSSR count).